The second-order valence-corrected chi connectivity index (χ2v) is 4.63. The van der Waals surface area contributed by atoms with Gasteiger partial charge in [0.25, 0.3) is 5.91 Å². The van der Waals surface area contributed by atoms with Crippen LogP contribution in [-0.4, -0.2) is 23.7 Å². The third-order valence-corrected chi connectivity index (χ3v) is 2.79. The number of hydrogen-bond donors (Lipinski definition) is 2. The second kappa shape index (κ2) is 8.34. The van der Waals surface area contributed by atoms with Gasteiger partial charge in [0.15, 0.2) is 0 Å². The van der Waals surface area contributed by atoms with Crippen molar-refractivity contribution < 1.29 is 14.3 Å². The number of halogens is 1. The van der Waals surface area contributed by atoms with E-state index < -0.39 is 5.82 Å². The first-order valence-electron chi connectivity index (χ1n) is 6.78. The maximum atomic E-state index is 13.3. The van der Waals surface area contributed by atoms with E-state index in [-0.39, 0.29) is 18.6 Å². The van der Waals surface area contributed by atoms with Crippen molar-refractivity contribution in [3.63, 3.8) is 0 Å². The second-order valence-electron chi connectivity index (χ2n) is 4.63. The number of aliphatic hydroxyl groups is 1. The highest BCUT2D eigenvalue weighted by atomic mass is 19.1. The lowest BCUT2D eigenvalue weighted by atomic mass is 10.1. The predicted octanol–water partition coefficient (Wildman–Crippen LogP) is 2.48. The van der Waals surface area contributed by atoms with Crippen LogP contribution in [-0.2, 0) is 0 Å². The van der Waals surface area contributed by atoms with E-state index in [1.54, 1.807) is 0 Å². The molecule has 1 aromatic rings. The van der Waals surface area contributed by atoms with Crippen molar-refractivity contribution >= 4 is 5.91 Å². The predicted molar refractivity (Wildman–Crippen MR) is 76.8 cm³/mol. The third kappa shape index (κ3) is 5.02. The Morgan fingerprint density at radius 2 is 2.25 bits per heavy atom. The topological polar surface area (TPSA) is 49.3 Å². The van der Waals surface area contributed by atoms with E-state index in [1.165, 1.54) is 18.2 Å². The fourth-order valence-electron chi connectivity index (χ4n) is 1.84. The minimum atomic E-state index is -0.434. The van der Waals surface area contributed by atoms with E-state index in [4.69, 9.17) is 5.11 Å². The zero-order valence-electron chi connectivity index (χ0n) is 11.9. The zero-order chi connectivity index (χ0) is 15.0. The molecule has 0 saturated carbocycles. The van der Waals surface area contributed by atoms with Gasteiger partial charge >= 0.3 is 0 Å². The van der Waals surface area contributed by atoms with Gasteiger partial charge in [-0.2, -0.15) is 0 Å². The molecule has 0 radical (unpaired) electrons. The van der Waals surface area contributed by atoms with E-state index in [0.29, 0.717) is 17.5 Å². The lowest BCUT2D eigenvalue weighted by Gasteiger charge is -2.13. The molecule has 1 atom stereocenters. The largest absolute Gasteiger partial charge is 0.395 e. The summed E-state index contributed by atoms with van der Waals surface area (Å²) in [5, 5.41) is 11.6. The van der Waals surface area contributed by atoms with Crippen molar-refractivity contribution in [3.8, 4) is 11.8 Å². The first-order valence-corrected chi connectivity index (χ1v) is 6.78. The summed E-state index contributed by atoms with van der Waals surface area (Å²) in [4.78, 5) is 12.1. The standard InChI is InChI=1S/C16H20FNO2/c1-3-6-12(2)18-16(20)15-9-8-14(17)11-13(15)7-4-5-10-19/h8-9,11-12,19H,3,5-6,10H2,1-2H3,(H,18,20). The highest BCUT2D eigenvalue weighted by Gasteiger charge is 2.13. The number of hydrogen-bond acceptors (Lipinski definition) is 2. The molecule has 1 amide bonds. The molecule has 1 aromatic carbocycles. The van der Waals surface area contributed by atoms with Gasteiger partial charge in [0.2, 0.25) is 0 Å². The van der Waals surface area contributed by atoms with Gasteiger partial charge < -0.3 is 10.4 Å². The van der Waals surface area contributed by atoms with Crippen LogP contribution in [0.15, 0.2) is 18.2 Å². The van der Waals surface area contributed by atoms with Crippen molar-refractivity contribution in [3.05, 3.63) is 35.1 Å². The number of benzene rings is 1. The monoisotopic (exact) mass is 277 g/mol. The molecule has 0 aliphatic heterocycles. The van der Waals surface area contributed by atoms with Crippen molar-refractivity contribution in [2.24, 2.45) is 0 Å². The van der Waals surface area contributed by atoms with Crippen molar-refractivity contribution in [2.45, 2.75) is 39.2 Å². The average Bonchev–Trinajstić information content (AvgIpc) is 2.39. The van der Waals surface area contributed by atoms with Crippen molar-refractivity contribution in [2.75, 3.05) is 6.61 Å². The smallest absolute Gasteiger partial charge is 0.252 e. The number of carbonyl (C=O) groups is 1. The molecule has 0 bridgehead atoms. The first-order chi connectivity index (χ1) is 9.58. The van der Waals surface area contributed by atoms with Crippen LogP contribution in [0.2, 0.25) is 0 Å². The molecule has 4 heteroatoms. The quantitative estimate of drug-likeness (QED) is 0.812. The van der Waals surface area contributed by atoms with Crippen LogP contribution in [0.25, 0.3) is 0 Å². The normalized spacial score (nSPS) is 11.4. The van der Waals surface area contributed by atoms with Gasteiger partial charge in [-0.05, 0) is 31.5 Å². The Balaban J connectivity index is 2.93. The molecule has 0 aliphatic rings. The third-order valence-electron chi connectivity index (χ3n) is 2.79. The van der Waals surface area contributed by atoms with Gasteiger partial charge in [-0.25, -0.2) is 4.39 Å². The van der Waals surface area contributed by atoms with E-state index in [9.17, 15) is 9.18 Å². The lowest BCUT2D eigenvalue weighted by molar-refractivity contribution is 0.0938. The summed E-state index contributed by atoms with van der Waals surface area (Å²) in [5.41, 5.74) is 0.708. The highest BCUT2D eigenvalue weighted by Crippen LogP contribution is 2.11. The molecule has 0 aliphatic carbocycles. The van der Waals surface area contributed by atoms with E-state index >= 15 is 0 Å². The molecule has 3 nitrogen and oxygen atoms in total. The minimum Gasteiger partial charge on any atom is -0.395 e. The Kier molecular flexibility index (Phi) is 6.75. The van der Waals surface area contributed by atoms with Crippen molar-refractivity contribution in [1.29, 1.82) is 0 Å². The SMILES string of the molecule is CCCC(C)NC(=O)c1ccc(F)cc1C#CCCO. The van der Waals surface area contributed by atoms with Crippen LogP contribution in [0.3, 0.4) is 0 Å². The summed E-state index contributed by atoms with van der Waals surface area (Å²) < 4.78 is 13.3. The fourth-order valence-corrected chi connectivity index (χ4v) is 1.84. The summed E-state index contributed by atoms with van der Waals surface area (Å²) >= 11 is 0. The van der Waals surface area contributed by atoms with Crippen LogP contribution in [0, 0.1) is 17.7 Å². The molecule has 0 heterocycles. The fraction of sp³-hybridized carbons (Fsp3) is 0.438. The van der Waals surface area contributed by atoms with Crippen molar-refractivity contribution in [1.82, 2.24) is 5.32 Å². The Hall–Kier alpha value is -1.86. The molecule has 2 N–H and O–H groups in total. The molecule has 108 valence electrons. The number of rotatable bonds is 5. The van der Waals surface area contributed by atoms with E-state index in [2.05, 4.69) is 17.2 Å². The van der Waals surface area contributed by atoms with Gasteiger partial charge in [-0.3, -0.25) is 4.79 Å². The Labute approximate surface area is 119 Å². The minimum absolute atomic E-state index is 0.0582. The molecular formula is C16H20FNO2. The summed E-state index contributed by atoms with van der Waals surface area (Å²) in [6.45, 7) is 3.92. The van der Waals surface area contributed by atoms with Gasteiger partial charge in [-0.1, -0.05) is 25.2 Å². The van der Waals surface area contributed by atoms with Crippen LogP contribution in [0.4, 0.5) is 4.39 Å². The van der Waals surface area contributed by atoms with Gasteiger partial charge in [-0.15, -0.1) is 0 Å². The molecule has 1 unspecified atom stereocenters. The Bertz CT molecular complexity index is 517. The molecule has 0 saturated heterocycles. The van der Waals surface area contributed by atoms with Gasteiger partial charge in [0.1, 0.15) is 5.82 Å². The summed E-state index contributed by atoms with van der Waals surface area (Å²) in [5.74, 6) is 4.75. The Morgan fingerprint density at radius 1 is 1.50 bits per heavy atom. The lowest BCUT2D eigenvalue weighted by Crippen LogP contribution is -2.32. The summed E-state index contributed by atoms with van der Waals surface area (Å²) in [6, 6.07) is 3.99. The van der Waals surface area contributed by atoms with Crippen LogP contribution >= 0.6 is 0 Å². The van der Waals surface area contributed by atoms with Gasteiger partial charge in [0.05, 0.1) is 12.2 Å². The molecule has 0 spiro atoms. The number of carbonyl (C=O) groups excluding carboxylic acids is 1. The first kappa shape index (κ1) is 16.2. The van der Waals surface area contributed by atoms with Gasteiger partial charge in [0, 0.05) is 18.0 Å². The maximum absolute atomic E-state index is 13.3. The zero-order valence-corrected chi connectivity index (χ0v) is 11.9. The number of amides is 1. The summed E-state index contributed by atoms with van der Waals surface area (Å²) in [6.07, 6.45) is 2.16. The molecule has 0 fully saturated rings. The number of nitrogens with one attached hydrogen (secondary N) is 1. The number of aliphatic hydroxyl groups excluding tert-OH is 1. The highest BCUT2D eigenvalue weighted by molar-refractivity contribution is 5.96. The molecule has 0 aromatic heterocycles. The van der Waals surface area contributed by atoms with Crippen LogP contribution < -0.4 is 5.32 Å². The molecule has 1 rings (SSSR count). The average molecular weight is 277 g/mol. The Morgan fingerprint density at radius 3 is 2.90 bits per heavy atom. The van der Waals surface area contributed by atoms with Crippen LogP contribution in [0.1, 0.15) is 49.0 Å². The van der Waals surface area contributed by atoms with E-state index in [1.807, 2.05) is 13.8 Å². The van der Waals surface area contributed by atoms with E-state index in [0.717, 1.165) is 12.8 Å². The molecular weight excluding hydrogens is 257 g/mol. The van der Waals surface area contributed by atoms with Crippen LogP contribution in [0.5, 0.6) is 0 Å². The summed E-state index contributed by atoms with van der Waals surface area (Å²) in [7, 11) is 0. The maximum Gasteiger partial charge on any atom is 0.252 e. The molecule has 20 heavy (non-hydrogen) atoms.